The molecule has 1 fully saturated rings. The molecule has 1 rings (SSSR count). The van der Waals surface area contributed by atoms with Crippen LogP contribution in [0.1, 0.15) is 12.8 Å². The summed E-state index contributed by atoms with van der Waals surface area (Å²) in [6.07, 6.45) is 2.46. The van der Waals surface area contributed by atoms with Crippen molar-refractivity contribution in [2.75, 3.05) is 33.5 Å². The molecule has 1 aliphatic heterocycles. The van der Waals surface area contributed by atoms with Gasteiger partial charge in [-0.25, -0.2) is 0 Å². The Hall–Kier alpha value is -0.120. The summed E-state index contributed by atoms with van der Waals surface area (Å²) in [6, 6.07) is 0. The molecule has 66 valence electrons. The molecule has 0 aromatic carbocycles. The van der Waals surface area contributed by atoms with Crippen molar-refractivity contribution in [1.82, 2.24) is 0 Å². The Morgan fingerprint density at radius 1 is 1.27 bits per heavy atom. The Morgan fingerprint density at radius 3 is 2.64 bits per heavy atom. The van der Waals surface area contributed by atoms with Gasteiger partial charge in [0.05, 0.1) is 19.3 Å². The highest BCUT2D eigenvalue weighted by molar-refractivity contribution is 4.61. The molecule has 0 spiro atoms. The predicted octanol–water partition coefficient (Wildman–Crippen LogP) is 0.828. The highest BCUT2D eigenvalue weighted by atomic mass is 16.5. The van der Waals surface area contributed by atoms with Crippen molar-refractivity contribution < 1.29 is 14.2 Å². The van der Waals surface area contributed by atoms with E-state index in [9.17, 15) is 0 Å². The van der Waals surface area contributed by atoms with Gasteiger partial charge in [-0.1, -0.05) is 0 Å². The van der Waals surface area contributed by atoms with E-state index in [1.807, 2.05) is 0 Å². The molecule has 0 atom stereocenters. The van der Waals surface area contributed by atoms with Crippen LogP contribution in [-0.2, 0) is 14.2 Å². The van der Waals surface area contributed by atoms with E-state index in [-0.39, 0.29) is 0 Å². The lowest BCUT2D eigenvalue weighted by Gasteiger charge is -2.22. The largest absolute Gasteiger partial charge is 0.382 e. The van der Waals surface area contributed by atoms with Crippen LogP contribution in [0.4, 0.5) is 0 Å². The monoisotopic (exact) mass is 160 g/mol. The third-order valence-corrected chi connectivity index (χ3v) is 1.81. The maximum absolute atomic E-state index is 5.52. The second-order valence-electron chi connectivity index (χ2n) is 2.68. The Morgan fingerprint density at radius 2 is 2.00 bits per heavy atom. The minimum Gasteiger partial charge on any atom is -0.382 e. The first-order valence-electron chi connectivity index (χ1n) is 4.12. The van der Waals surface area contributed by atoms with Gasteiger partial charge in [-0.3, -0.25) is 0 Å². The van der Waals surface area contributed by atoms with Gasteiger partial charge < -0.3 is 14.2 Å². The highest BCUT2D eigenvalue weighted by Crippen LogP contribution is 2.09. The molecule has 1 aliphatic rings. The van der Waals surface area contributed by atoms with E-state index in [0.717, 1.165) is 26.1 Å². The van der Waals surface area contributed by atoms with Gasteiger partial charge in [-0.05, 0) is 12.8 Å². The molecule has 0 amide bonds. The molecule has 0 unspecified atom stereocenters. The van der Waals surface area contributed by atoms with Crippen molar-refractivity contribution in [1.29, 1.82) is 0 Å². The molecular weight excluding hydrogens is 144 g/mol. The summed E-state index contributed by atoms with van der Waals surface area (Å²) < 4.78 is 15.6. The van der Waals surface area contributed by atoms with E-state index < -0.39 is 0 Å². The first-order chi connectivity index (χ1) is 5.43. The van der Waals surface area contributed by atoms with Crippen LogP contribution in [-0.4, -0.2) is 39.6 Å². The van der Waals surface area contributed by atoms with Crippen LogP contribution in [0, 0.1) is 0 Å². The Bertz CT molecular complexity index is 89.3. The van der Waals surface area contributed by atoms with E-state index in [0.29, 0.717) is 19.3 Å². The van der Waals surface area contributed by atoms with Gasteiger partial charge in [-0.15, -0.1) is 0 Å². The van der Waals surface area contributed by atoms with Crippen molar-refractivity contribution in [3.8, 4) is 0 Å². The minimum atomic E-state index is 0.402. The zero-order valence-electron chi connectivity index (χ0n) is 7.04. The zero-order valence-corrected chi connectivity index (χ0v) is 7.04. The van der Waals surface area contributed by atoms with Gasteiger partial charge in [0.2, 0.25) is 0 Å². The van der Waals surface area contributed by atoms with E-state index >= 15 is 0 Å². The first-order valence-corrected chi connectivity index (χ1v) is 4.12. The van der Waals surface area contributed by atoms with E-state index in [4.69, 9.17) is 14.2 Å². The topological polar surface area (TPSA) is 27.7 Å². The van der Waals surface area contributed by atoms with Crippen LogP contribution in [0.15, 0.2) is 0 Å². The summed E-state index contributed by atoms with van der Waals surface area (Å²) in [7, 11) is 1.69. The maximum atomic E-state index is 5.52. The van der Waals surface area contributed by atoms with Crippen LogP contribution < -0.4 is 0 Å². The van der Waals surface area contributed by atoms with Crippen molar-refractivity contribution >= 4 is 0 Å². The van der Waals surface area contributed by atoms with Gasteiger partial charge in [0.1, 0.15) is 0 Å². The Labute approximate surface area is 67.6 Å². The fourth-order valence-electron chi connectivity index (χ4n) is 1.14. The first kappa shape index (κ1) is 8.97. The number of hydrogen-bond donors (Lipinski definition) is 0. The number of methoxy groups -OCH3 is 1. The van der Waals surface area contributed by atoms with Gasteiger partial charge in [0, 0.05) is 20.3 Å². The number of ether oxygens (including phenoxy) is 3. The molecule has 0 aromatic heterocycles. The molecule has 1 saturated heterocycles. The van der Waals surface area contributed by atoms with Gasteiger partial charge in [-0.2, -0.15) is 0 Å². The van der Waals surface area contributed by atoms with Crippen molar-refractivity contribution in [2.45, 2.75) is 18.9 Å². The average Bonchev–Trinajstić information content (AvgIpc) is 2.07. The van der Waals surface area contributed by atoms with Gasteiger partial charge in [0.25, 0.3) is 0 Å². The van der Waals surface area contributed by atoms with Crippen molar-refractivity contribution in [2.24, 2.45) is 0 Å². The summed E-state index contributed by atoms with van der Waals surface area (Å²) in [5.74, 6) is 0. The standard InChI is InChI=1S/C8H16O3/c1-9-6-7-11-8-2-4-10-5-3-8/h8H,2-7H2,1H3. The van der Waals surface area contributed by atoms with Crippen LogP contribution in [0.2, 0.25) is 0 Å². The number of rotatable bonds is 4. The lowest BCUT2D eigenvalue weighted by molar-refractivity contribution is -0.0448. The molecule has 0 radical (unpaired) electrons. The van der Waals surface area contributed by atoms with Crippen molar-refractivity contribution in [3.63, 3.8) is 0 Å². The fraction of sp³-hybridized carbons (Fsp3) is 1.00. The SMILES string of the molecule is COCCOC1CCOCC1. The van der Waals surface area contributed by atoms with E-state index in [1.165, 1.54) is 0 Å². The maximum Gasteiger partial charge on any atom is 0.0704 e. The van der Waals surface area contributed by atoms with Gasteiger partial charge >= 0.3 is 0 Å². The third-order valence-electron chi connectivity index (χ3n) is 1.81. The van der Waals surface area contributed by atoms with Crippen LogP contribution in [0.5, 0.6) is 0 Å². The van der Waals surface area contributed by atoms with Crippen LogP contribution in [0.3, 0.4) is 0 Å². The Kier molecular flexibility index (Phi) is 4.50. The van der Waals surface area contributed by atoms with Crippen LogP contribution in [0.25, 0.3) is 0 Å². The molecule has 0 aliphatic carbocycles. The van der Waals surface area contributed by atoms with E-state index in [2.05, 4.69) is 0 Å². The van der Waals surface area contributed by atoms with Gasteiger partial charge in [0.15, 0.2) is 0 Å². The van der Waals surface area contributed by atoms with E-state index in [1.54, 1.807) is 7.11 Å². The summed E-state index contributed by atoms with van der Waals surface area (Å²) in [5, 5.41) is 0. The second kappa shape index (κ2) is 5.52. The second-order valence-corrected chi connectivity index (χ2v) is 2.68. The van der Waals surface area contributed by atoms with Crippen molar-refractivity contribution in [3.05, 3.63) is 0 Å². The summed E-state index contributed by atoms with van der Waals surface area (Å²) >= 11 is 0. The highest BCUT2D eigenvalue weighted by Gasteiger charge is 2.13. The minimum absolute atomic E-state index is 0.402. The average molecular weight is 160 g/mol. The molecule has 0 saturated carbocycles. The quantitative estimate of drug-likeness (QED) is 0.570. The normalized spacial score (nSPS) is 20.5. The Balaban J connectivity index is 1.96. The number of hydrogen-bond acceptors (Lipinski definition) is 3. The summed E-state index contributed by atoms with van der Waals surface area (Å²) in [6.45, 7) is 3.09. The molecule has 1 heterocycles. The zero-order chi connectivity index (χ0) is 7.94. The molecule has 0 N–H and O–H groups in total. The lowest BCUT2D eigenvalue weighted by Crippen LogP contribution is -2.24. The molecule has 0 bridgehead atoms. The molecule has 3 heteroatoms. The molecule has 0 aromatic rings. The lowest BCUT2D eigenvalue weighted by atomic mass is 10.2. The summed E-state index contributed by atoms with van der Waals surface area (Å²) in [5.41, 5.74) is 0. The predicted molar refractivity (Wildman–Crippen MR) is 41.7 cm³/mol. The molecule has 3 nitrogen and oxygen atoms in total. The summed E-state index contributed by atoms with van der Waals surface area (Å²) in [4.78, 5) is 0. The smallest absolute Gasteiger partial charge is 0.0704 e. The molecular formula is C8H16O3. The van der Waals surface area contributed by atoms with Crippen LogP contribution >= 0.6 is 0 Å². The molecule has 11 heavy (non-hydrogen) atoms. The third kappa shape index (κ3) is 3.70. The fourth-order valence-corrected chi connectivity index (χ4v) is 1.14.